The summed E-state index contributed by atoms with van der Waals surface area (Å²) in [6.45, 7) is 3.25. The second kappa shape index (κ2) is 3.90. The van der Waals surface area contributed by atoms with E-state index in [4.69, 9.17) is 0 Å². The lowest BCUT2D eigenvalue weighted by Gasteiger charge is -2.23. The van der Waals surface area contributed by atoms with Crippen LogP contribution in [0.25, 0.3) is 0 Å². The van der Waals surface area contributed by atoms with Gasteiger partial charge in [0.1, 0.15) is 0 Å². The number of hydrogen-bond donors (Lipinski definition) is 1. The molecule has 1 aliphatic rings. The molecule has 1 heterocycles. The highest BCUT2D eigenvalue weighted by atomic mass is 16.5. The highest BCUT2D eigenvalue weighted by molar-refractivity contribution is 5.69. The van der Waals surface area contributed by atoms with Gasteiger partial charge in [-0.3, -0.25) is 4.79 Å². The molecule has 1 fully saturated rings. The average Bonchev–Trinajstić information content (AvgIpc) is 2.49. The van der Waals surface area contributed by atoms with Gasteiger partial charge >= 0.3 is 5.97 Å². The van der Waals surface area contributed by atoms with Gasteiger partial charge in [0.05, 0.1) is 7.11 Å². The van der Waals surface area contributed by atoms with Gasteiger partial charge in [0, 0.05) is 12.0 Å². The predicted octanol–water partition coefficient (Wildman–Crippen LogP) is 1.08. The highest BCUT2D eigenvalue weighted by Crippen LogP contribution is 2.23. The molecule has 3 heteroatoms. The van der Waals surface area contributed by atoms with E-state index >= 15 is 0 Å². The van der Waals surface area contributed by atoms with E-state index in [1.807, 2.05) is 0 Å². The van der Waals surface area contributed by atoms with E-state index in [1.165, 1.54) is 20.0 Å². The first kappa shape index (κ1) is 9.52. The summed E-state index contributed by atoms with van der Waals surface area (Å²) in [5.74, 6) is -0.107. The van der Waals surface area contributed by atoms with Crippen molar-refractivity contribution in [1.82, 2.24) is 5.32 Å². The van der Waals surface area contributed by atoms with Crippen molar-refractivity contribution in [1.29, 1.82) is 0 Å². The van der Waals surface area contributed by atoms with E-state index in [-0.39, 0.29) is 11.5 Å². The molecule has 0 saturated carbocycles. The summed E-state index contributed by atoms with van der Waals surface area (Å²) in [6.07, 6.45) is 3.81. The molecular formula is C9H17NO2. The standard InChI is InChI=1S/C9H17NO2/c1-9(5-3-7-10-9)6-4-8(11)12-2/h10H,3-7H2,1-2H3/t9-/m0/s1. The van der Waals surface area contributed by atoms with Crippen LogP contribution in [0, 0.1) is 0 Å². The molecule has 1 rings (SSSR count). The average molecular weight is 171 g/mol. The van der Waals surface area contributed by atoms with Gasteiger partial charge in [0.25, 0.3) is 0 Å². The fourth-order valence-corrected chi connectivity index (χ4v) is 1.65. The van der Waals surface area contributed by atoms with Crippen molar-refractivity contribution in [2.75, 3.05) is 13.7 Å². The number of nitrogens with one attached hydrogen (secondary N) is 1. The molecule has 0 aromatic heterocycles. The number of methoxy groups -OCH3 is 1. The quantitative estimate of drug-likeness (QED) is 0.646. The molecule has 0 aromatic carbocycles. The van der Waals surface area contributed by atoms with Gasteiger partial charge in [-0.25, -0.2) is 0 Å². The summed E-state index contributed by atoms with van der Waals surface area (Å²) < 4.78 is 4.59. The minimum absolute atomic E-state index is 0.107. The van der Waals surface area contributed by atoms with E-state index in [1.54, 1.807) is 0 Å². The van der Waals surface area contributed by atoms with Crippen LogP contribution in [0.3, 0.4) is 0 Å². The summed E-state index contributed by atoms with van der Waals surface area (Å²) >= 11 is 0. The molecule has 70 valence electrons. The monoisotopic (exact) mass is 171 g/mol. The third-order valence-corrected chi connectivity index (χ3v) is 2.57. The van der Waals surface area contributed by atoms with Crippen molar-refractivity contribution in [3.63, 3.8) is 0 Å². The lowest BCUT2D eigenvalue weighted by molar-refractivity contribution is -0.141. The topological polar surface area (TPSA) is 38.3 Å². The summed E-state index contributed by atoms with van der Waals surface area (Å²) in [5, 5.41) is 3.40. The van der Waals surface area contributed by atoms with Crippen LogP contribution in [0.2, 0.25) is 0 Å². The molecule has 3 nitrogen and oxygen atoms in total. The Hall–Kier alpha value is -0.570. The fourth-order valence-electron chi connectivity index (χ4n) is 1.65. The van der Waals surface area contributed by atoms with Crippen molar-refractivity contribution in [3.8, 4) is 0 Å². The Morgan fingerprint density at radius 3 is 2.92 bits per heavy atom. The van der Waals surface area contributed by atoms with E-state index in [0.717, 1.165) is 13.0 Å². The van der Waals surface area contributed by atoms with Gasteiger partial charge in [0.15, 0.2) is 0 Å². The summed E-state index contributed by atoms with van der Waals surface area (Å²) in [5.41, 5.74) is 0.175. The van der Waals surface area contributed by atoms with Crippen molar-refractivity contribution in [2.45, 2.75) is 38.1 Å². The van der Waals surface area contributed by atoms with Gasteiger partial charge in [0.2, 0.25) is 0 Å². The minimum Gasteiger partial charge on any atom is -0.469 e. The Labute approximate surface area is 73.5 Å². The van der Waals surface area contributed by atoms with Gasteiger partial charge in [-0.05, 0) is 32.7 Å². The first-order valence-corrected chi connectivity index (χ1v) is 4.48. The molecule has 0 aliphatic carbocycles. The van der Waals surface area contributed by atoms with Gasteiger partial charge in [-0.15, -0.1) is 0 Å². The SMILES string of the molecule is COC(=O)CC[C@]1(C)CCCN1. The molecule has 1 aliphatic heterocycles. The third kappa shape index (κ3) is 2.48. The first-order chi connectivity index (χ1) is 5.66. The maximum absolute atomic E-state index is 10.9. The summed E-state index contributed by atoms with van der Waals surface area (Å²) in [4.78, 5) is 10.9. The molecule has 1 atom stereocenters. The Bertz CT molecular complexity index is 162. The maximum atomic E-state index is 10.9. The number of ether oxygens (including phenoxy) is 1. The van der Waals surface area contributed by atoms with E-state index < -0.39 is 0 Å². The van der Waals surface area contributed by atoms with E-state index in [9.17, 15) is 4.79 Å². The summed E-state index contributed by atoms with van der Waals surface area (Å²) in [6, 6.07) is 0. The maximum Gasteiger partial charge on any atom is 0.305 e. The van der Waals surface area contributed by atoms with Crippen LogP contribution in [-0.4, -0.2) is 25.2 Å². The van der Waals surface area contributed by atoms with E-state index in [0.29, 0.717) is 6.42 Å². The molecule has 0 amide bonds. The molecule has 0 spiro atoms. The van der Waals surface area contributed by atoms with Crippen LogP contribution in [0.15, 0.2) is 0 Å². The molecule has 0 bridgehead atoms. The molecule has 0 unspecified atom stereocenters. The van der Waals surface area contributed by atoms with Crippen molar-refractivity contribution in [2.24, 2.45) is 0 Å². The largest absolute Gasteiger partial charge is 0.469 e. The second-order valence-corrected chi connectivity index (χ2v) is 3.67. The normalized spacial score (nSPS) is 28.8. The van der Waals surface area contributed by atoms with Gasteiger partial charge in [-0.1, -0.05) is 0 Å². The van der Waals surface area contributed by atoms with E-state index in [2.05, 4.69) is 17.0 Å². The Morgan fingerprint density at radius 2 is 2.42 bits per heavy atom. The van der Waals surface area contributed by atoms with Crippen LogP contribution in [0.4, 0.5) is 0 Å². The molecule has 1 saturated heterocycles. The van der Waals surface area contributed by atoms with Gasteiger partial charge < -0.3 is 10.1 Å². The van der Waals surface area contributed by atoms with Gasteiger partial charge in [-0.2, -0.15) is 0 Å². The van der Waals surface area contributed by atoms with Crippen molar-refractivity contribution in [3.05, 3.63) is 0 Å². The Balaban J connectivity index is 2.25. The number of carbonyl (C=O) groups excluding carboxylic acids is 1. The zero-order valence-electron chi connectivity index (χ0n) is 7.85. The van der Waals surface area contributed by atoms with Crippen LogP contribution >= 0.6 is 0 Å². The van der Waals surface area contributed by atoms with Crippen LogP contribution in [0.5, 0.6) is 0 Å². The number of hydrogen-bond acceptors (Lipinski definition) is 3. The minimum atomic E-state index is -0.107. The molecular weight excluding hydrogens is 154 g/mol. The highest BCUT2D eigenvalue weighted by Gasteiger charge is 2.28. The van der Waals surface area contributed by atoms with Crippen molar-refractivity contribution >= 4 is 5.97 Å². The third-order valence-electron chi connectivity index (χ3n) is 2.57. The Morgan fingerprint density at radius 1 is 1.67 bits per heavy atom. The zero-order valence-corrected chi connectivity index (χ0v) is 7.85. The zero-order chi connectivity index (χ0) is 9.03. The van der Waals surface area contributed by atoms with Crippen LogP contribution in [0.1, 0.15) is 32.6 Å². The summed E-state index contributed by atoms with van der Waals surface area (Å²) in [7, 11) is 1.44. The van der Waals surface area contributed by atoms with Crippen LogP contribution in [-0.2, 0) is 9.53 Å². The number of esters is 1. The first-order valence-electron chi connectivity index (χ1n) is 4.48. The van der Waals surface area contributed by atoms with Crippen LogP contribution < -0.4 is 5.32 Å². The fraction of sp³-hybridized carbons (Fsp3) is 0.889. The Kier molecular flexibility index (Phi) is 3.09. The molecule has 0 radical (unpaired) electrons. The number of carbonyl (C=O) groups is 1. The number of rotatable bonds is 3. The molecule has 1 N–H and O–H groups in total. The smallest absolute Gasteiger partial charge is 0.305 e. The molecule has 0 aromatic rings. The lowest BCUT2D eigenvalue weighted by atomic mass is 9.94. The second-order valence-electron chi connectivity index (χ2n) is 3.67. The van der Waals surface area contributed by atoms with Crippen molar-refractivity contribution < 1.29 is 9.53 Å². The lowest BCUT2D eigenvalue weighted by Crippen LogP contribution is -2.36. The predicted molar refractivity (Wildman–Crippen MR) is 46.9 cm³/mol. The molecule has 12 heavy (non-hydrogen) atoms.